The summed E-state index contributed by atoms with van der Waals surface area (Å²) in [5, 5.41) is 20.4. The number of ketones is 1. The zero-order valence-electron chi connectivity index (χ0n) is 16.0. The van der Waals surface area contributed by atoms with Gasteiger partial charge in [0.1, 0.15) is 0 Å². The maximum absolute atomic E-state index is 13.1. The summed E-state index contributed by atoms with van der Waals surface area (Å²) < 4.78 is 0. The Bertz CT molecular complexity index is 1410. The van der Waals surface area contributed by atoms with Gasteiger partial charge in [-0.3, -0.25) is 4.79 Å². The largest absolute Gasteiger partial charge is 0.478 e. The molecule has 4 aromatic rings. The second kappa shape index (κ2) is 7.11. The topological polar surface area (TPSA) is 91.7 Å². The third-order valence-electron chi connectivity index (χ3n) is 5.34. The smallest absolute Gasteiger partial charge is 0.335 e. The highest BCUT2D eigenvalue weighted by Gasteiger charge is 2.25. The van der Waals surface area contributed by atoms with E-state index in [-0.39, 0.29) is 16.9 Å². The molecule has 0 atom stereocenters. The van der Waals surface area contributed by atoms with Crippen molar-refractivity contribution in [2.75, 3.05) is 0 Å². The normalized spacial score (nSPS) is 11.9. The lowest BCUT2D eigenvalue weighted by atomic mass is 9.83. The Hall–Kier alpha value is -3.90. The Morgan fingerprint density at radius 1 is 0.677 bits per heavy atom. The van der Waals surface area contributed by atoms with Crippen LogP contribution < -0.4 is 0 Å². The molecule has 5 rings (SSSR count). The molecule has 0 radical (unpaired) electrons. The Morgan fingerprint density at radius 2 is 1.32 bits per heavy atom. The number of carbonyl (C=O) groups is 3. The molecule has 31 heavy (non-hydrogen) atoms. The zero-order valence-corrected chi connectivity index (χ0v) is 16.8. The number of carbonyl (C=O) groups excluding carboxylic acids is 1. The van der Waals surface area contributed by atoms with E-state index in [1.807, 2.05) is 54.6 Å². The van der Waals surface area contributed by atoms with Crippen LogP contribution in [0, 0.1) is 0 Å². The maximum Gasteiger partial charge on any atom is 0.335 e. The van der Waals surface area contributed by atoms with E-state index in [0.29, 0.717) is 16.0 Å². The molecule has 0 amide bonds. The van der Waals surface area contributed by atoms with Crippen molar-refractivity contribution in [1.29, 1.82) is 0 Å². The fourth-order valence-electron chi connectivity index (χ4n) is 3.98. The monoisotopic (exact) mass is 426 g/mol. The number of carboxylic acids is 2. The number of fused-ring (bicyclic) bond motifs is 2. The van der Waals surface area contributed by atoms with Crippen LogP contribution in [-0.2, 0) is 0 Å². The summed E-state index contributed by atoms with van der Waals surface area (Å²) in [5.74, 6) is -2.41. The molecule has 1 aliphatic carbocycles. The summed E-state index contributed by atoms with van der Waals surface area (Å²) in [7, 11) is 0. The number of benzene rings is 4. The highest BCUT2D eigenvalue weighted by atomic mass is 32.2. The summed E-state index contributed by atoms with van der Waals surface area (Å²) in [4.78, 5) is 37.3. The number of hydrogen-bond donors (Lipinski definition) is 2. The number of rotatable bonds is 4. The predicted molar refractivity (Wildman–Crippen MR) is 117 cm³/mol. The van der Waals surface area contributed by atoms with Gasteiger partial charge in [-0.2, -0.15) is 0 Å². The molecule has 1 aliphatic rings. The lowest BCUT2D eigenvalue weighted by Crippen LogP contribution is -2.09. The van der Waals surface area contributed by atoms with Gasteiger partial charge in [0.15, 0.2) is 5.78 Å². The first kappa shape index (κ1) is 19.1. The van der Waals surface area contributed by atoms with Crippen LogP contribution in [0.25, 0.3) is 21.9 Å². The van der Waals surface area contributed by atoms with Crippen LogP contribution in [0.2, 0.25) is 0 Å². The summed E-state index contributed by atoms with van der Waals surface area (Å²) in [6, 6.07) is 21.0. The van der Waals surface area contributed by atoms with Crippen LogP contribution >= 0.6 is 11.8 Å². The summed E-state index contributed by atoms with van der Waals surface area (Å²) in [5.41, 5.74) is 2.97. The first-order valence-electron chi connectivity index (χ1n) is 9.43. The third-order valence-corrected chi connectivity index (χ3v) is 6.38. The second-order valence-electron chi connectivity index (χ2n) is 7.17. The van der Waals surface area contributed by atoms with Gasteiger partial charge in [0.25, 0.3) is 0 Å². The van der Waals surface area contributed by atoms with Gasteiger partial charge in [0.2, 0.25) is 0 Å². The van der Waals surface area contributed by atoms with Crippen molar-refractivity contribution in [1.82, 2.24) is 0 Å². The van der Waals surface area contributed by atoms with E-state index < -0.39 is 11.9 Å². The van der Waals surface area contributed by atoms with Crippen molar-refractivity contribution in [2.24, 2.45) is 0 Å². The molecule has 5 nitrogen and oxygen atoms in total. The minimum Gasteiger partial charge on any atom is -0.478 e. The third kappa shape index (κ3) is 3.08. The molecule has 0 aliphatic heterocycles. The van der Waals surface area contributed by atoms with E-state index in [2.05, 4.69) is 0 Å². The van der Waals surface area contributed by atoms with Crippen LogP contribution in [0.5, 0.6) is 0 Å². The van der Waals surface area contributed by atoms with Crippen molar-refractivity contribution in [3.8, 4) is 11.1 Å². The Kier molecular flexibility index (Phi) is 4.38. The minimum absolute atomic E-state index is 0.0307. The first-order chi connectivity index (χ1) is 14.9. The van der Waals surface area contributed by atoms with Crippen molar-refractivity contribution in [3.05, 3.63) is 95.1 Å². The second-order valence-corrected chi connectivity index (χ2v) is 8.29. The highest BCUT2D eigenvalue weighted by Crippen LogP contribution is 2.44. The van der Waals surface area contributed by atoms with Crippen LogP contribution in [0.3, 0.4) is 0 Å². The minimum atomic E-state index is -1.19. The summed E-state index contributed by atoms with van der Waals surface area (Å²) in [6.07, 6.45) is 0. The fraction of sp³-hybridized carbons (Fsp3) is 0. The predicted octanol–water partition coefficient (Wildman–Crippen LogP) is 5.60. The van der Waals surface area contributed by atoms with Crippen molar-refractivity contribution in [2.45, 2.75) is 9.79 Å². The van der Waals surface area contributed by atoms with E-state index in [4.69, 9.17) is 0 Å². The standard InChI is InChI=1S/C25H14O5S/c26-23-18-5-2-1-4-16(18)17-8-9-21(19-6-3-7-20(23)22(17)19)31-15-11-13(24(27)28)10-14(12-15)25(29)30/h1-12H,(H,27,28)(H,29,30). The van der Waals surface area contributed by atoms with E-state index >= 15 is 0 Å². The van der Waals surface area contributed by atoms with Crippen molar-refractivity contribution < 1.29 is 24.6 Å². The number of aromatic carboxylic acids is 2. The van der Waals surface area contributed by atoms with Crippen LogP contribution in [0.1, 0.15) is 36.6 Å². The maximum atomic E-state index is 13.1. The van der Waals surface area contributed by atoms with E-state index in [1.165, 1.54) is 23.9 Å². The van der Waals surface area contributed by atoms with Crippen molar-refractivity contribution >= 4 is 40.3 Å². The number of carboxylic acid groups (broad SMARTS) is 2. The molecule has 150 valence electrons. The molecule has 0 fully saturated rings. The average molecular weight is 426 g/mol. The molecule has 2 N–H and O–H groups in total. The Labute approximate surface area is 181 Å². The van der Waals surface area contributed by atoms with Gasteiger partial charge >= 0.3 is 11.9 Å². The summed E-state index contributed by atoms with van der Waals surface area (Å²) >= 11 is 1.28. The molecule has 4 aromatic carbocycles. The SMILES string of the molecule is O=C(O)c1cc(Sc2ccc3c4c(cccc24)C(=O)c2ccccc2-3)cc(C(=O)O)c1. The molecule has 0 heterocycles. The molecule has 0 spiro atoms. The van der Waals surface area contributed by atoms with E-state index in [1.54, 1.807) is 0 Å². The van der Waals surface area contributed by atoms with Gasteiger partial charge in [0.05, 0.1) is 11.1 Å². The Balaban J connectivity index is 1.70. The zero-order chi connectivity index (χ0) is 21.7. The van der Waals surface area contributed by atoms with Gasteiger partial charge in [-0.15, -0.1) is 0 Å². The van der Waals surface area contributed by atoms with Gasteiger partial charge in [0, 0.05) is 26.3 Å². The average Bonchev–Trinajstić information content (AvgIpc) is 2.78. The molecule has 0 unspecified atom stereocenters. The van der Waals surface area contributed by atoms with Crippen LogP contribution in [-0.4, -0.2) is 27.9 Å². The fourth-order valence-corrected chi connectivity index (χ4v) is 5.02. The van der Waals surface area contributed by atoms with Crippen LogP contribution in [0.15, 0.2) is 82.6 Å². The Morgan fingerprint density at radius 3 is 2.00 bits per heavy atom. The molecule has 0 aromatic heterocycles. The van der Waals surface area contributed by atoms with Crippen LogP contribution in [0.4, 0.5) is 0 Å². The van der Waals surface area contributed by atoms with Gasteiger partial charge < -0.3 is 10.2 Å². The molecular weight excluding hydrogens is 412 g/mol. The first-order valence-corrected chi connectivity index (χ1v) is 10.2. The highest BCUT2D eigenvalue weighted by molar-refractivity contribution is 7.99. The molecule has 0 bridgehead atoms. The molecular formula is C25H14O5S. The molecule has 0 saturated heterocycles. The quantitative estimate of drug-likeness (QED) is 0.389. The molecule has 6 heteroatoms. The van der Waals surface area contributed by atoms with E-state index in [9.17, 15) is 24.6 Å². The van der Waals surface area contributed by atoms with Gasteiger partial charge in [-0.1, -0.05) is 60.3 Å². The van der Waals surface area contributed by atoms with Gasteiger partial charge in [-0.25, -0.2) is 9.59 Å². The van der Waals surface area contributed by atoms with E-state index in [0.717, 1.165) is 32.9 Å². The summed E-state index contributed by atoms with van der Waals surface area (Å²) in [6.45, 7) is 0. The number of hydrogen-bond acceptors (Lipinski definition) is 4. The van der Waals surface area contributed by atoms with Gasteiger partial charge in [-0.05, 0) is 40.8 Å². The lowest BCUT2D eigenvalue weighted by Gasteiger charge is -2.21. The molecule has 0 saturated carbocycles. The van der Waals surface area contributed by atoms with Crippen molar-refractivity contribution in [3.63, 3.8) is 0 Å². The lowest BCUT2D eigenvalue weighted by molar-refractivity contribution is 0.0696.